The molecule has 0 atom stereocenters. The van der Waals surface area contributed by atoms with E-state index in [9.17, 15) is 9.59 Å². The molecule has 134 valence electrons. The molecule has 6 nitrogen and oxygen atoms in total. The van der Waals surface area contributed by atoms with Crippen molar-refractivity contribution in [1.82, 2.24) is 9.97 Å². The summed E-state index contributed by atoms with van der Waals surface area (Å²) in [7, 11) is 1.33. The smallest absolute Gasteiger partial charge is 0.354 e. The highest BCUT2D eigenvalue weighted by atomic mass is 32.2. The molecule has 3 rings (SSSR count). The molecule has 8 heteroatoms. The number of hydrogen-bond donors (Lipinski definition) is 2. The number of carbonyl (C=O) groups is 2. The standard InChI is InChI=1S/C18H17N3O3S2/c1-11-3-5-13(6-4-11)25-10-16(22)21-18-20-15(9-26-18)12-7-14(19-8-12)17(23)24-2/h3-9,19H,10H2,1-2H3,(H,20,21,22). The van der Waals surface area contributed by atoms with E-state index in [4.69, 9.17) is 0 Å². The fraction of sp³-hybridized carbons (Fsp3) is 0.167. The Balaban J connectivity index is 1.57. The zero-order valence-electron chi connectivity index (χ0n) is 14.2. The molecular formula is C18H17N3O3S2. The molecule has 0 bridgehead atoms. The molecule has 2 heterocycles. The maximum atomic E-state index is 12.1. The van der Waals surface area contributed by atoms with Crippen LogP contribution in [-0.2, 0) is 9.53 Å². The number of methoxy groups -OCH3 is 1. The predicted molar refractivity (Wildman–Crippen MR) is 104 cm³/mol. The van der Waals surface area contributed by atoms with Crippen LogP contribution in [0.25, 0.3) is 11.3 Å². The Morgan fingerprint density at radius 1 is 1.31 bits per heavy atom. The van der Waals surface area contributed by atoms with Crippen molar-refractivity contribution < 1.29 is 14.3 Å². The summed E-state index contributed by atoms with van der Waals surface area (Å²) in [6.45, 7) is 2.03. The number of aryl methyl sites for hydroxylation is 1. The second-order valence-electron chi connectivity index (χ2n) is 5.48. The van der Waals surface area contributed by atoms with Crippen LogP contribution in [-0.4, -0.2) is 34.7 Å². The first-order chi connectivity index (χ1) is 12.5. The minimum absolute atomic E-state index is 0.110. The van der Waals surface area contributed by atoms with Gasteiger partial charge < -0.3 is 15.0 Å². The number of amides is 1. The number of ether oxygens (including phenoxy) is 1. The Hall–Kier alpha value is -2.58. The van der Waals surface area contributed by atoms with Crippen molar-refractivity contribution in [1.29, 1.82) is 0 Å². The van der Waals surface area contributed by atoms with Crippen LogP contribution in [0.1, 0.15) is 16.1 Å². The number of anilines is 1. The van der Waals surface area contributed by atoms with E-state index in [0.717, 1.165) is 10.5 Å². The summed E-state index contributed by atoms with van der Waals surface area (Å²) in [5, 5.41) is 5.15. The summed E-state index contributed by atoms with van der Waals surface area (Å²) in [5.74, 6) is -0.233. The van der Waals surface area contributed by atoms with Gasteiger partial charge in [0.1, 0.15) is 5.69 Å². The van der Waals surface area contributed by atoms with E-state index in [1.165, 1.54) is 35.8 Å². The van der Waals surface area contributed by atoms with Crippen LogP contribution in [0.4, 0.5) is 5.13 Å². The second-order valence-corrected chi connectivity index (χ2v) is 7.39. The molecule has 3 aromatic rings. The van der Waals surface area contributed by atoms with E-state index in [2.05, 4.69) is 20.0 Å². The number of rotatable bonds is 6. The molecule has 0 unspecified atom stereocenters. The van der Waals surface area contributed by atoms with E-state index in [1.54, 1.807) is 12.3 Å². The van der Waals surface area contributed by atoms with Gasteiger partial charge in [-0.15, -0.1) is 23.1 Å². The number of hydrogen-bond acceptors (Lipinski definition) is 6. The van der Waals surface area contributed by atoms with Crippen LogP contribution in [0.15, 0.2) is 46.8 Å². The molecule has 26 heavy (non-hydrogen) atoms. The van der Waals surface area contributed by atoms with Gasteiger partial charge in [-0.3, -0.25) is 4.79 Å². The molecule has 0 fully saturated rings. The lowest BCUT2D eigenvalue weighted by molar-refractivity contribution is -0.113. The number of aromatic amines is 1. The van der Waals surface area contributed by atoms with Crippen LogP contribution in [0.5, 0.6) is 0 Å². The van der Waals surface area contributed by atoms with Crippen molar-refractivity contribution in [3.05, 3.63) is 53.2 Å². The van der Waals surface area contributed by atoms with Crippen molar-refractivity contribution in [3.8, 4) is 11.3 Å². The second kappa shape index (κ2) is 8.20. The number of thiazole rings is 1. The fourth-order valence-corrected chi connectivity index (χ4v) is 3.61. The Labute approximate surface area is 159 Å². The summed E-state index contributed by atoms with van der Waals surface area (Å²) in [5.41, 5.74) is 2.99. The van der Waals surface area contributed by atoms with E-state index in [1.807, 2.05) is 36.6 Å². The average Bonchev–Trinajstić information content (AvgIpc) is 3.30. The van der Waals surface area contributed by atoms with Gasteiger partial charge in [0, 0.05) is 22.0 Å². The Kier molecular flexibility index (Phi) is 5.75. The van der Waals surface area contributed by atoms with Gasteiger partial charge in [-0.2, -0.15) is 0 Å². The van der Waals surface area contributed by atoms with E-state index >= 15 is 0 Å². The van der Waals surface area contributed by atoms with Gasteiger partial charge in [0.2, 0.25) is 5.91 Å². The third kappa shape index (κ3) is 4.53. The topological polar surface area (TPSA) is 84.1 Å². The number of esters is 1. The van der Waals surface area contributed by atoms with Crippen LogP contribution < -0.4 is 5.32 Å². The summed E-state index contributed by atoms with van der Waals surface area (Å²) in [4.78, 5) is 31.9. The highest BCUT2D eigenvalue weighted by Gasteiger charge is 2.13. The lowest BCUT2D eigenvalue weighted by Crippen LogP contribution is -2.13. The lowest BCUT2D eigenvalue weighted by atomic mass is 10.2. The van der Waals surface area contributed by atoms with Gasteiger partial charge in [0.15, 0.2) is 5.13 Å². The SMILES string of the molecule is COC(=O)c1cc(-c2csc(NC(=O)CSc3ccc(C)cc3)n2)c[nH]1. The monoisotopic (exact) mass is 387 g/mol. The third-order valence-corrected chi connectivity index (χ3v) is 5.30. The van der Waals surface area contributed by atoms with Crippen molar-refractivity contribution in [2.45, 2.75) is 11.8 Å². The Morgan fingerprint density at radius 3 is 2.81 bits per heavy atom. The van der Waals surface area contributed by atoms with E-state index < -0.39 is 5.97 Å². The van der Waals surface area contributed by atoms with Gasteiger partial charge in [-0.25, -0.2) is 9.78 Å². The maximum absolute atomic E-state index is 12.1. The molecule has 2 N–H and O–H groups in total. The number of thioether (sulfide) groups is 1. The molecule has 0 spiro atoms. The van der Waals surface area contributed by atoms with Crippen molar-refractivity contribution >= 4 is 40.1 Å². The minimum atomic E-state index is -0.437. The fourth-order valence-electron chi connectivity index (χ4n) is 2.17. The predicted octanol–water partition coefficient (Wildman–Crippen LogP) is 3.96. The molecule has 0 radical (unpaired) electrons. The summed E-state index contributed by atoms with van der Waals surface area (Å²) in [6, 6.07) is 9.71. The first kappa shape index (κ1) is 18.2. The number of nitrogens with one attached hydrogen (secondary N) is 2. The number of aromatic nitrogens is 2. The molecule has 2 aromatic heterocycles. The van der Waals surface area contributed by atoms with Gasteiger partial charge in [-0.05, 0) is 25.1 Å². The normalized spacial score (nSPS) is 10.5. The van der Waals surface area contributed by atoms with E-state index in [0.29, 0.717) is 22.3 Å². The molecule has 0 aliphatic heterocycles. The van der Waals surface area contributed by atoms with Crippen LogP contribution >= 0.6 is 23.1 Å². The van der Waals surface area contributed by atoms with Crippen molar-refractivity contribution in [3.63, 3.8) is 0 Å². The number of nitrogens with zero attached hydrogens (tertiary/aromatic N) is 1. The van der Waals surface area contributed by atoms with Gasteiger partial charge in [0.05, 0.1) is 18.6 Å². The van der Waals surface area contributed by atoms with Crippen LogP contribution in [0.2, 0.25) is 0 Å². The molecule has 0 saturated carbocycles. The van der Waals surface area contributed by atoms with Gasteiger partial charge in [-0.1, -0.05) is 17.7 Å². The maximum Gasteiger partial charge on any atom is 0.354 e. The summed E-state index contributed by atoms with van der Waals surface area (Å²) < 4.78 is 4.67. The van der Waals surface area contributed by atoms with Crippen molar-refractivity contribution in [2.75, 3.05) is 18.2 Å². The Bertz CT molecular complexity index is 916. The van der Waals surface area contributed by atoms with Crippen molar-refractivity contribution in [2.24, 2.45) is 0 Å². The molecular weight excluding hydrogens is 370 g/mol. The van der Waals surface area contributed by atoms with Gasteiger partial charge >= 0.3 is 5.97 Å². The molecule has 0 aliphatic carbocycles. The quantitative estimate of drug-likeness (QED) is 0.494. The molecule has 0 aliphatic rings. The van der Waals surface area contributed by atoms with E-state index in [-0.39, 0.29) is 5.91 Å². The van der Waals surface area contributed by atoms with Crippen LogP contribution in [0.3, 0.4) is 0 Å². The number of carbonyl (C=O) groups excluding carboxylic acids is 2. The van der Waals surface area contributed by atoms with Gasteiger partial charge in [0.25, 0.3) is 0 Å². The molecule has 1 amide bonds. The largest absolute Gasteiger partial charge is 0.464 e. The zero-order valence-corrected chi connectivity index (χ0v) is 15.9. The Morgan fingerprint density at radius 2 is 2.08 bits per heavy atom. The highest BCUT2D eigenvalue weighted by Crippen LogP contribution is 2.26. The number of H-pyrrole nitrogens is 1. The first-order valence-electron chi connectivity index (χ1n) is 7.77. The lowest BCUT2D eigenvalue weighted by Gasteiger charge is -2.02. The summed E-state index contributed by atoms with van der Waals surface area (Å²) in [6.07, 6.45) is 1.68. The minimum Gasteiger partial charge on any atom is -0.464 e. The van der Waals surface area contributed by atoms with Crippen LogP contribution in [0, 0.1) is 6.92 Å². The third-order valence-electron chi connectivity index (χ3n) is 3.53. The average molecular weight is 387 g/mol. The number of benzene rings is 1. The first-order valence-corrected chi connectivity index (χ1v) is 9.63. The zero-order chi connectivity index (χ0) is 18.5. The highest BCUT2D eigenvalue weighted by molar-refractivity contribution is 8.00. The molecule has 0 saturated heterocycles. The summed E-state index contributed by atoms with van der Waals surface area (Å²) >= 11 is 2.81. The molecule has 1 aromatic carbocycles.